The molecule has 2 unspecified atom stereocenters. The van der Waals surface area contributed by atoms with Crippen LogP contribution in [0.1, 0.15) is 43.7 Å². The summed E-state index contributed by atoms with van der Waals surface area (Å²) in [6.45, 7) is 6.22. The van der Waals surface area contributed by atoms with Crippen molar-refractivity contribution < 1.29 is 26.7 Å². The molecule has 1 fully saturated rings. The summed E-state index contributed by atoms with van der Waals surface area (Å²) in [6.07, 6.45) is 5.97. The van der Waals surface area contributed by atoms with Crippen molar-refractivity contribution in [3.63, 3.8) is 0 Å². The van der Waals surface area contributed by atoms with Crippen molar-refractivity contribution in [1.29, 1.82) is 0 Å². The van der Waals surface area contributed by atoms with Gasteiger partial charge in [0.1, 0.15) is 5.82 Å². The number of hydrogen-bond acceptors (Lipinski definition) is 1. The van der Waals surface area contributed by atoms with Gasteiger partial charge >= 0.3 is 0 Å². The Morgan fingerprint density at radius 1 is 0.806 bits per heavy atom. The monoisotopic (exact) mass is 500 g/mol. The molecule has 6 heteroatoms. The van der Waals surface area contributed by atoms with Crippen molar-refractivity contribution >= 4 is 0 Å². The maximum Gasteiger partial charge on any atom is 0.167 e. The number of benzene rings is 3. The van der Waals surface area contributed by atoms with Gasteiger partial charge in [0.2, 0.25) is 0 Å². The van der Waals surface area contributed by atoms with Crippen molar-refractivity contribution in [3.8, 4) is 22.3 Å². The molecule has 36 heavy (non-hydrogen) atoms. The molecular formula is C30H29F5O. The van der Waals surface area contributed by atoms with Crippen LogP contribution in [-0.4, -0.2) is 12.7 Å². The summed E-state index contributed by atoms with van der Waals surface area (Å²) < 4.78 is 80.1. The Balaban J connectivity index is 1.56. The number of rotatable bonds is 8. The van der Waals surface area contributed by atoms with E-state index in [2.05, 4.69) is 6.58 Å². The molecular weight excluding hydrogens is 471 g/mol. The molecule has 0 aliphatic carbocycles. The van der Waals surface area contributed by atoms with Crippen molar-refractivity contribution in [2.24, 2.45) is 5.92 Å². The largest absolute Gasteiger partial charge is 0.374 e. The second-order valence-electron chi connectivity index (χ2n) is 9.34. The number of halogens is 5. The molecule has 190 valence electrons. The van der Waals surface area contributed by atoms with Gasteiger partial charge in [-0.15, -0.1) is 6.58 Å². The van der Waals surface area contributed by atoms with Gasteiger partial charge in [0.25, 0.3) is 0 Å². The lowest BCUT2D eigenvalue weighted by molar-refractivity contribution is 0.00880. The normalized spacial score (nSPS) is 17.8. The van der Waals surface area contributed by atoms with Crippen LogP contribution in [-0.2, 0) is 17.6 Å². The zero-order valence-electron chi connectivity index (χ0n) is 20.2. The second-order valence-corrected chi connectivity index (χ2v) is 9.34. The Bertz CT molecular complexity index is 1240. The zero-order valence-corrected chi connectivity index (χ0v) is 20.2. The minimum Gasteiger partial charge on any atom is -0.374 e. The predicted molar refractivity (Wildman–Crippen MR) is 132 cm³/mol. The lowest BCUT2D eigenvalue weighted by atomic mass is 9.91. The predicted octanol–water partition coefficient (Wildman–Crippen LogP) is 8.58. The van der Waals surface area contributed by atoms with Gasteiger partial charge in [-0.2, -0.15) is 0 Å². The summed E-state index contributed by atoms with van der Waals surface area (Å²) >= 11 is 0. The summed E-state index contributed by atoms with van der Waals surface area (Å²) in [4.78, 5) is 0. The summed E-state index contributed by atoms with van der Waals surface area (Å²) in [5, 5.41) is 0. The molecule has 0 bridgehead atoms. The summed E-state index contributed by atoms with van der Waals surface area (Å²) in [5.41, 5.74) is -0.237. The molecule has 0 spiro atoms. The van der Waals surface area contributed by atoms with E-state index in [-0.39, 0.29) is 34.3 Å². The highest BCUT2D eigenvalue weighted by Gasteiger charge is 2.24. The minimum absolute atomic E-state index is 0.0355. The molecule has 1 aliphatic rings. The molecule has 4 rings (SSSR count). The third kappa shape index (κ3) is 5.39. The first-order chi connectivity index (χ1) is 17.3. The molecule has 1 aliphatic heterocycles. The number of aryl methyl sites for hydroxylation is 2. The van der Waals surface area contributed by atoms with E-state index < -0.39 is 34.6 Å². The topological polar surface area (TPSA) is 9.23 Å². The van der Waals surface area contributed by atoms with E-state index in [0.717, 1.165) is 30.9 Å². The highest BCUT2D eigenvalue weighted by atomic mass is 19.2. The van der Waals surface area contributed by atoms with Gasteiger partial charge in [-0.3, -0.25) is 0 Å². The molecule has 0 N–H and O–H groups in total. The molecule has 3 aromatic rings. The fourth-order valence-electron chi connectivity index (χ4n) is 4.78. The first kappa shape index (κ1) is 26.1. The average molecular weight is 501 g/mol. The minimum atomic E-state index is -1.35. The fourth-order valence-corrected chi connectivity index (χ4v) is 4.78. The van der Waals surface area contributed by atoms with E-state index >= 15 is 4.39 Å². The van der Waals surface area contributed by atoms with E-state index in [9.17, 15) is 17.6 Å². The van der Waals surface area contributed by atoms with Crippen LogP contribution in [0.3, 0.4) is 0 Å². The quantitative estimate of drug-likeness (QED) is 0.222. The van der Waals surface area contributed by atoms with Gasteiger partial charge in [0.05, 0.1) is 12.7 Å². The molecule has 0 aromatic heterocycles. The maximum atomic E-state index is 15.0. The average Bonchev–Trinajstić information content (AvgIpc) is 2.88. The van der Waals surface area contributed by atoms with Gasteiger partial charge in [-0.25, -0.2) is 22.0 Å². The van der Waals surface area contributed by atoms with Crippen LogP contribution in [0.5, 0.6) is 0 Å². The smallest absolute Gasteiger partial charge is 0.167 e. The van der Waals surface area contributed by atoms with Gasteiger partial charge in [0.15, 0.2) is 23.3 Å². The zero-order chi connectivity index (χ0) is 25.8. The number of hydrogen-bond donors (Lipinski definition) is 0. The van der Waals surface area contributed by atoms with Crippen molar-refractivity contribution in [2.45, 2.75) is 51.6 Å². The van der Waals surface area contributed by atoms with Crippen LogP contribution in [0.15, 0.2) is 55.1 Å². The Labute approximate surface area is 208 Å². The van der Waals surface area contributed by atoms with E-state index in [4.69, 9.17) is 4.74 Å². The van der Waals surface area contributed by atoms with E-state index in [1.807, 2.05) is 6.92 Å². The van der Waals surface area contributed by atoms with Gasteiger partial charge in [-0.1, -0.05) is 55.8 Å². The molecule has 3 aromatic carbocycles. The van der Waals surface area contributed by atoms with Crippen molar-refractivity contribution in [1.82, 2.24) is 0 Å². The highest BCUT2D eigenvalue weighted by molar-refractivity contribution is 5.72. The Morgan fingerprint density at radius 3 is 2.00 bits per heavy atom. The summed E-state index contributed by atoms with van der Waals surface area (Å²) in [6, 6.07) is 9.38. The number of ether oxygens (including phenoxy) is 1. The molecule has 2 atom stereocenters. The van der Waals surface area contributed by atoms with Crippen LogP contribution >= 0.6 is 0 Å². The third-order valence-electron chi connectivity index (χ3n) is 6.89. The standard InChI is InChI=1S/C30H29F5O/c1-3-5-18-8-12-22(26(31)16-18)23-14-15-25(30(35)29(23)34)24-13-10-20(27(32)28(24)33)9-6-19-7-11-21(4-2)36-17-19/h4,8,10,12-16,19,21H,2-3,5-7,9,11,17H2,1H3. The molecule has 0 saturated carbocycles. The Hall–Kier alpha value is -2.99. The first-order valence-electron chi connectivity index (χ1n) is 12.3. The lowest BCUT2D eigenvalue weighted by Crippen LogP contribution is -2.24. The van der Waals surface area contributed by atoms with Crippen molar-refractivity contribution in [2.75, 3.05) is 6.61 Å². The maximum absolute atomic E-state index is 15.0. The molecule has 1 heterocycles. The van der Waals surface area contributed by atoms with E-state index in [0.29, 0.717) is 25.9 Å². The SMILES string of the molecule is C=CC1CCC(CCc2ccc(-c3ccc(-c4ccc(CCC)cc4F)c(F)c3F)c(F)c2F)CO1. The van der Waals surface area contributed by atoms with Gasteiger partial charge < -0.3 is 4.74 Å². The van der Waals surface area contributed by atoms with Crippen LogP contribution in [0.25, 0.3) is 22.3 Å². The van der Waals surface area contributed by atoms with Crippen LogP contribution in [0.2, 0.25) is 0 Å². The van der Waals surface area contributed by atoms with Gasteiger partial charge in [0, 0.05) is 22.3 Å². The lowest BCUT2D eigenvalue weighted by Gasteiger charge is -2.27. The molecule has 0 radical (unpaired) electrons. The summed E-state index contributed by atoms with van der Waals surface area (Å²) in [7, 11) is 0. The van der Waals surface area contributed by atoms with E-state index in [1.54, 1.807) is 12.1 Å². The van der Waals surface area contributed by atoms with Crippen molar-refractivity contribution in [3.05, 3.63) is 95.3 Å². The van der Waals surface area contributed by atoms with Crippen LogP contribution in [0, 0.1) is 35.0 Å². The summed E-state index contributed by atoms with van der Waals surface area (Å²) in [5.74, 6) is -5.41. The highest BCUT2D eigenvalue weighted by Crippen LogP contribution is 2.35. The third-order valence-corrected chi connectivity index (χ3v) is 6.89. The fraction of sp³-hybridized carbons (Fsp3) is 0.333. The molecule has 1 saturated heterocycles. The Kier molecular flexibility index (Phi) is 8.24. The van der Waals surface area contributed by atoms with Crippen LogP contribution in [0.4, 0.5) is 22.0 Å². The van der Waals surface area contributed by atoms with Crippen LogP contribution < -0.4 is 0 Å². The second kappa shape index (κ2) is 11.4. The Morgan fingerprint density at radius 2 is 1.42 bits per heavy atom. The molecule has 0 amide bonds. The van der Waals surface area contributed by atoms with E-state index in [1.165, 1.54) is 30.3 Å². The molecule has 1 nitrogen and oxygen atoms in total. The first-order valence-corrected chi connectivity index (χ1v) is 12.3. The van der Waals surface area contributed by atoms with Gasteiger partial charge in [-0.05, 0) is 55.2 Å².